The van der Waals surface area contributed by atoms with Gasteiger partial charge < -0.3 is 14.2 Å². The van der Waals surface area contributed by atoms with E-state index >= 15 is 0 Å². The van der Waals surface area contributed by atoms with Crippen molar-refractivity contribution in [2.45, 2.75) is 56.5 Å². The Bertz CT molecular complexity index is 968. The van der Waals surface area contributed by atoms with Crippen LogP contribution in [0, 0.1) is 5.92 Å². The molecule has 0 spiro atoms. The van der Waals surface area contributed by atoms with E-state index < -0.39 is 6.10 Å². The average molecular weight is 377 g/mol. The maximum Gasteiger partial charge on any atom is 0.119 e. The van der Waals surface area contributed by atoms with Gasteiger partial charge in [-0.25, -0.2) is 4.98 Å². The number of aliphatic hydroxyl groups is 1. The fourth-order valence-corrected chi connectivity index (χ4v) is 4.97. The normalized spacial score (nSPS) is 23.6. The number of aromatic nitrogens is 2. The first-order valence-corrected chi connectivity index (χ1v) is 10.5. The van der Waals surface area contributed by atoms with Crippen LogP contribution in [-0.2, 0) is 0 Å². The van der Waals surface area contributed by atoms with Crippen LogP contribution in [0.15, 0.2) is 48.9 Å². The number of methoxy groups -OCH3 is 1. The number of rotatable bonds is 5. The van der Waals surface area contributed by atoms with Gasteiger partial charge in [-0.05, 0) is 85.6 Å². The van der Waals surface area contributed by atoms with Crippen LogP contribution in [0.3, 0.4) is 0 Å². The van der Waals surface area contributed by atoms with Gasteiger partial charge in [0, 0.05) is 0 Å². The van der Waals surface area contributed by atoms with Crippen LogP contribution >= 0.6 is 0 Å². The van der Waals surface area contributed by atoms with Crippen molar-refractivity contribution in [2.75, 3.05) is 7.11 Å². The molecule has 2 saturated carbocycles. The van der Waals surface area contributed by atoms with Gasteiger partial charge in [0.2, 0.25) is 0 Å². The van der Waals surface area contributed by atoms with E-state index in [1.165, 1.54) is 24.0 Å². The molecular weight excluding hydrogens is 348 g/mol. The largest absolute Gasteiger partial charge is 0.497 e. The molecular formula is C24H28N2O2. The van der Waals surface area contributed by atoms with E-state index in [9.17, 15) is 5.11 Å². The second-order valence-electron chi connectivity index (χ2n) is 8.47. The second-order valence-corrected chi connectivity index (χ2v) is 8.47. The van der Waals surface area contributed by atoms with Crippen molar-refractivity contribution in [3.8, 4) is 5.75 Å². The molecule has 0 amide bonds. The molecule has 1 aromatic carbocycles. The molecule has 0 unspecified atom stereocenters. The van der Waals surface area contributed by atoms with Crippen LogP contribution in [-0.4, -0.2) is 21.6 Å². The Morgan fingerprint density at radius 1 is 1.04 bits per heavy atom. The molecule has 2 fully saturated rings. The summed E-state index contributed by atoms with van der Waals surface area (Å²) in [5.74, 6) is 2.42. The number of imidazole rings is 1. The van der Waals surface area contributed by atoms with Crippen LogP contribution in [0.25, 0.3) is 5.52 Å². The molecule has 2 aliphatic carbocycles. The smallest absolute Gasteiger partial charge is 0.119 e. The highest BCUT2D eigenvalue weighted by molar-refractivity contribution is 5.50. The third-order valence-electron chi connectivity index (χ3n) is 6.74. The lowest BCUT2D eigenvalue weighted by molar-refractivity contribution is 0.0754. The molecule has 1 N–H and O–H groups in total. The van der Waals surface area contributed by atoms with E-state index in [0.717, 1.165) is 42.6 Å². The van der Waals surface area contributed by atoms with Crippen molar-refractivity contribution in [3.63, 3.8) is 0 Å². The molecule has 0 saturated heterocycles. The van der Waals surface area contributed by atoms with Crippen molar-refractivity contribution in [2.24, 2.45) is 5.92 Å². The summed E-state index contributed by atoms with van der Waals surface area (Å²) in [6.07, 6.45) is 10.1. The monoisotopic (exact) mass is 376 g/mol. The first kappa shape index (κ1) is 17.7. The van der Waals surface area contributed by atoms with Gasteiger partial charge in [-0.15, -0.1) is 0 Å². The Morgan fingerprint density at radius 3 is 2.57 bits per heavy atom. The van der Waals surface area contributed by atoms with Crippen LogP contribution < -0.4 is 4.74 Å². The van der Waals surface area contributed by atoms with Crippen molar-refractivity contribution in [1.82, 2.24) is 9.38 Å². The van der Waals surface area contributed by atoms with Gasteiger partial charge in [-0.1, -0.05) is 18.2 Å². The van der Waals surface area contributed by atoms with Gasteiger partial charge in [-0.2, -0.15) is 0 Å². The highest BCUT2D eigenvalue weighted by atomic mass is 16.5. The summed E-state index contributed by atoms with van der Waals surface area (Å²) in [6.45, 7) is 0. The van der Waals surface area contributed by atoms with E-state index in [1.54, 1.807) is 7.11 Å². The standard InChI is InChI=1S/C24H28N2O2/c1-28-21-4-2-3-19(13-21)16-5-9-18(10-6-16)24(27)23-22(17-7-8-17)12-11-20-14-25-15-26(20)23/h2-4,11-18,24,27H,5-10H2,1H3/t16?,18?,24-/m0/s1. The minimum Gasteiger partial charge on any atom is -0.497 e. The van der Waals surface area contributed by atoms with Crippen LogP contribution in [0.5, 0.6) is 5.75 Å². The fourth-order valence-electron chi connectivity index (χ4n) is 4.97. The minimum atomic E-state index is -0.417. The van der Waals surface area contributed by atoms with Gasteiger partial charge in [-0.3, -0.25) is 0 Å². The first-order chi connectivity index (χ1) is 13.7. The van der Waals surface area contributed by atoms with Crippen molar-refractivity contribution in [1.29, 1.82) is 0 Å². The maximum absolute atomic E-state index is 11.4. The number of pyridine rings is 1. The zero-order valence-electron chi connectivity index (χ0n) is 16.4. The van der Waals surface area contributed by atoms with Gasteiger partial charge in [0.15, 0.2) is 0 Å². The molecule has 28 heavy (non-hydrogen) atoms. The number of ether oxygens (including phenoxy) is 1. The van der Waals surface area contributed by atoms with E-state index in [4.69, 9.17) is 4.74 Å². The number of fused-ring (bicyclic) bond motifs is 1. The highest BCUT2D eigenvalue weighted by Gasteiger charge is 2.34. The molecule has 4 nitrogen and oxygen atoms in total. The fraction of sp³-hybridized carbons (Fsp3) is 0.458. The lowest BCUT2D eigenvalue weighted by Gasteiger charge is -2.33. The minimum absolute atomic E-state index is 0.312. The third-order valence-corrected chi connectivity index (χ3v) is 6.74. The summed E-state index contributed by atoms with van der Waals surface area (Å²) in [6, 6.07) is 12.8. The summed E-state index contributed by atoms with van der Waals surface area (Å²) >= 11 is 0. The van der Waals surface area contributed by atoms with Gasteiger partial charge in [0.05, 0.1) is 36.9 Å². The van der Waals surface area contributed by atoms with Gasteiger partial charge in [0.1, 0.15) is 5.75 Å². The number of nitrogens with zero attached hydrogens (tertiary/aromatic N) is 2. The summed E-state index contributed by atoms with van der Waals surface area (Å²) in [7, 11) is 1.72. The Labute approximate surface area is 166 Å². The van der Waals surface area contributed by atoms with Crippen molar-refractivity contribution >= 4 is 5.52 Å². The maximum atomic E-state index is 11.4. The lowest BCUT2D eigenvalue weighted by atomic mass is 9.75. The molecule has 1 atom stereocenters. The van der Waals surface area contributed by atoms with E-state index in [0.29, 0.717) is 17.8 Å². The lowest BCUT2D eigenvalue weighted by Crippen LogP contribution is -2.22. The number of hydrogen-bond acceptors (Lipinski definition) is 3. The second kappa shape index (κ2) is 7.25. The van der Waals surface area contributed by atoms with Gasteiger partial charge in [0.25, 0.3) is 0 Å². The molecule has 3 aromatic rings. The molecule has 4 heteroatoms. The molecule has 2 aromatic heterocycles. The highest BCUT2D eigenvalue weighted by Crippen LogP contribution is 2.47. The zero-order valence-corrected chi connectivity index (χ0v) is 16.4. The van der Waals surface area contributed by atoms with E-state index in [2.05, 4.69) is 39.7 Å². The number of benzene rings is 1. The molecule has 0 aliphatic heterocycles. The molecule has 0 bridgehead atoms. The average Bonchev–Trinajstić information content (AvgIpc) is 3.49. The van der Waals surface area contributed by atoms with E-state index in [-0.39, 0.29) is 0 Å². The number of aliphatic hydroxyl groups excluding tert-OH is 1. The van der Waals surface area contributed by atoms with Crippen LogP contribution in [0.1, 0.15) is 73.3 Å². The zero-order chi connectivity index (χ0) is 19.1. The van der Waals surface area contributed by atoms with Crippen molar-refractivity contribution in [3.05, 3.63) is 65.7 Å². The molecule has 2 heterocycles. The van der Waals surface area contributed by atoms with Crippen LogP contribution in [0.2, 0.25) is 0 Å². The quantitative estimate of drug-likeness (QED) is 0.663. The molecule has 5 rings (SSSR count). The Hall–Kier alpha value is -2.33. The number of hydrogen-bond donors (Lipinski definition) is 1. The molecule has 0 radical (unpaired) electrons. The molecule has 2 aliphatic rings. The summed E-state index contributed by atoms with van der Waals surface area (Å²) in [4.78, 5) is 4.32. The van der Waals surface area contributed by atoms with Crippen LogP contribution in [0.4, 0.5) is 0 Å². The summed E-state index contributed by atoms with van der Waals surface area (Å²) in [5.41, 5.74) is 4.85. The summed E-state index contributed by atoms with van der Waals surface area (Å²) < 4.78 is 7.51. The molecule has 146 valence electrons. The third kappa shape index (κ3) is 3.20. The van der Waals surface area contributed by atoms with Crippen molar-refractivity contribution < 1.29 is 9.84 Å². The predicted octanol–water partition coefficient (Wildman–Crippen LogP) is 5.23. The Kier molecular flexibility index (Phi) is 4.59. The Morgan fingerprint density at radius 2 is 1.82 bits per heavy atom. The topological polar surface area (TPSA) is 46.8 Å². The predicted molar refractivity (Wildman–Crippen MR) is 110 cm³/mol. The van der Waals surface area contributed by atoms with E-state index in [1.807, 2.05) is 18.6 Å². The van der Waals surface area contributed by atoms with Gasteiger partial charge >= 0.3 is 0 Å². The Balaban J connectivity index is 1.36. The first-order valence-electron chi connectivity index (χ1n) is 10.5. The summed E-state index contributed by atoms with van der Waals surface area (Å²) in [5, 5.41) is 11.4. The SMILES string of the molecule is COc1cccc(C2CCC([C@H](O)c3c(C4CC4)ccc4cncn34)CC2)c1.